The van der Waals surface area contributed by atoms with Crippen molar-refractivity contribution in [1.82, 2.24) is 0 Å². The van der Waals surface area contributed by atoms with Crippen molar-refractivity contribution in [2.45, 2.75) is 13.0 Å². The average Bonchev–Trinajstić information content (AvgIpc) is 3.06. The highest BCUT2D eigenvalue weighted by molar-refractivity contribution is 6.51. The molecule has 1 fully saturated rings. The molecule has 0 saturated carbocycles. The van der Waals surface area contributed by atoms with Crippen LogP contribution < -0.4 is 4.90 Å². The minimum absolute atomic E-state index is 0.105. The van der Waals surface area contributed by atoms with E-state index in [2.05, 4.69) is 0 Å². The van der Waals surface area contributed by atoms with Crippen molar-refractivity contribution in [2.75, 3.05) is 4.90 Å². The van der Waals surface area contributed by atoms with Gasteiger partial charge in [-0.3, -0.25) is 24.6 Å². The Kier molecular flexibility index (Phi) is 5.50. The number of rotatable bonds is 4. The second kappa shape index (κ2) is 8.28. The van der Waals surface area contributed by atoms with Crippen LogP contribution in [0.4, 0.5) is 11.4 Å². The Hall–Kier alpha value is -3.97. The van der Waals surface area contributed by atoms with Gasteiger partial charge in [-0.2, -0.15) is 0 Å². The number of nitrogens with zero attached hydrogens (tertiary/aromatic N) is 2. The predicted molar refractivity (Wildman–Crippen MR) is 121 cm³/mol. The van der Waals surface area contributed by atoms with Crippen molar-refractivity contribution >= 4 is 40.4 Å². The molecule has 160 valence electrons. The van der Waals surface area contributed by atoms with Crippen LogP contribution in [0.5, 0.6) is 0 Å². The lowest BCUT2D eigenvalue weighted by Crippen LogP contribution is -2.29. The Labute approximate surface area is 188 Å². The largest absolute Gasteiger partial charge is 0.507 e. The number of non-ortho nitro benzene ring substituents is 1. The van der Waals surface area contributed by atoms with Gasteiger partial charge in [0.15, 0.2) is 0 Å². The van der Waals surface area contributed by atoms with Crippen LogP contribution in [0.25, 0.3) is 5.76 Å². The van der Waals surface area contributed by atoms with Crippen molar-refractivity contribution in [3.8, 4) is 0 Å². The Morgan fingerprint density at radius 2 is 1.69 bits per heavy atom. The molecule has 1 N–H and O–H groups in total. The fourth-order valence-corrected chi connectivity index (χ4v) is 3.85. The summed E-state index contributed by atoms with van der Waals surface area (Å²) in [6.07, 6.45) is 0. The first-order valence-electron chi connectivity index (χ1n) is 9.66. The molecule has 1 aliphatic heterocycles. The number of aryl methyl sites for hydroxylation is 1. The van der Waals surface area contributed by atoms with Crippen LogP contribution in [0.15, 0.2) is 78.4 Å². The fraction of sp³-hybridized carbons (Fsp3) is 0.0833. The molecule has 1 saturated heterocycles. The van der Waals surface area contributed by atoms with Gasteiger partial charge >= 0.3 is 0 Å². The Balaban J connectivity index is 1.94. The van der Waals surface area contributed by atoms with Gasteiger partial charge < -0.3 is 5.11 Å². The molecule has 0 aliphatic carbocycles. The number of nitro benzene ring substituents is 1. The normalized spacial score (nSPS) is 17.6. The number of hydrogen-bond acceptors (Lipinski definition) is 5. The van der Waals surface area contributed by atoms with Crippen LogP contribution in [0.1, 0.15) is 22.7 Å². The lowest BCUT2D eigenvalue weighted by molar-refractivity contribution is -0.384. The quantitative estimate of drug-likeness (QED) is 0.195. The number of carbonyl (C=O) groups excluding carboxylic acids is 2. The third-order valence-electron chi connectivity index (χ3n) is 5.34. The van der Waals surface area contributed by atoms with Crippen LogP contribution >= 0.6 is 11.6 Å². The highest BCUT2D eigenvalue weighted by atomic mass is 35.5. The number of aliphatic hydroxyl groups is 1. The molecule has 0 spiro atoms. The SMILES string of the molecule is Cc1ccc(N2C(=O)C(=O)/C(=C(/O)c3ccccc3)[C@@H]2c2ccc([N+](=O)[O-])cc2)cc1Cl. The molecule has 3 aromatic rings. The Morgan fingerprint density at radius 1 is 1.03 bits per heavy atom. The van der Waals surface area contributed by atoms with Gasteiger partial charge in [-0.25, -0.2) is 0 Å². The summed E-state index contributed by atoms with van der Waals surface area (Å²) in [5, 5.41) is 22.5. The maximum atomic E-state index is 13.1. The van der Waals surface area contributed by atoms with Crippen LogP contribution in [-0.2, 0) is 9.59 Å². The molecule has 1 atom stereocenters. The molecular weight excluding hydrogens is 432 g/mol. The molecule has 32 heavy (non-hydrogen) atoms. The van der Waals surface area contributed by atoms with E-state index in [1.807, 2.05) is 6.92 Å². The number of benzene rings is 3. The minimum atomic E-state index is -0.991. The third-order valence-corrected chi connectivity index (χ3v) is 5.75. The van der Waals surface area contributed by atoms with Crippen molar-refractivity contribution in [3.63, 3.8) is 0 Å². The third kappa shape index (κ3) is 3.63. The van der Waals surface area contributed by atoms with Gasteiger partial charge in [-0.1, -0.05) is 48.0 Å². The van der Waals surface area contributed by atoms with Gasteiger partial charge in [-0.15, -0.1) is 0 Å². The topological polar surface area (TPSA) is 101 Å². The van der Waals surface area contributed by atoms with Gasteiger partial charge in [-0.05, 0) is 42.3 Å². The number of amides is 1. The summed E-state index contributed by atoms with van der Waals surface area (Å²) in [7, 11) is 0. The highest BCUT2D eigenvalue weighted by Gasteiger charge is 2.47. The molecule has 0 aromatic heterocycles. The maximum absolute atomic E-state index is 13.1. The zero-order valence-corrected chi connectivity index (χ0v) is 17.6. The number of Topliss-reactive ketones (excluding diaryl/α,β-unsaturated/α-hetero) is 1. The smallest absolute Gasteiger partial charge is 0.300 e. The molecule has 1 amide bonds. The number of halogens is 1. The maximum Gasteiger partial charge on any atom is 0.300 e. The second-order valence-electron chi connectivity index (χ2n) is 7.32. The highest BCUT2D eigenvalue weighted by Crippen LogP contribution is 2.43. The number of carbonyl (C=O) groups is 2. The summed E-state index contributed by atoms with van der Waals surface area (Å²) < 4.78 is 0. The lowest BCUT2D eigenvalue weighted by atomic mass is 9.95. The molecule has 4 rings (SSSR count). The van der Waals surface area contributed by atoms with Crippen LogP contribution in [0.2, 0.25) is 5.02 Å². The summed E-state index contributed by atoms with van der Waals surface area (Å²) in [5.41, 5.74) is 1.74. The minimum Gasteiger partial charge on any atom is -0.507 e. The molecule has 7 nitrogen and oxygen atoms in total. The van der Waals surface area contributed by atoms with Gasteiger partial charge in [0.2, 0.25) is 0 Å². The molecule has 1 aliphatic rings. The second-order valence-corrected chi connectivity index (χ2v) is 7.72. The van der Waals surface area contributed by atoms with Crippen LogP contribution in [0.3, 0.4) is 0 Å². The Morgan fingerprint density at radius 3 is 2.28 bits per heavy atom. The van der Waals surface area contributed by atoms with Crippen molar-refractivity contribution in [2.24, 2.45) is 0 Å². The number of nitro groups is 1. The number of anilines is 1. The molecule has 0 radical (unpaired) electrons. The Bertz CT molecular complexity index is 1270. The van der Waals surface area contributed by atoms with E-state index in [-0.39, 0.29) is 17.0 Å². The van der Waals surface area contributed by atoms with Crippen molar-refractivity contribution < 1.29 is 19.6 Å². The molecule has 3 aromatic carbocycles. The monoisotopic (exact) mass is 448 g/mol. The van der Waals surface area contributed by atoms with Crippen LogP contribution in [-0.4, -0.2) is 21.7 Å². The van der Waals surface area contributed by atoms with Gasteiger partial charge in [0.25, 0.3) is 17.4 Å². The van der Waals surface area contributed by atoms with Gasteiger partial charge in [0, 0.05) is 28.4 Å². The van der Waals surface area contributed by atoms with E-state index in [9.17, 15) is 24.8 Å². The van der Waals surface area contributed by atoms with E-state index in [0.717, 1.165) is 5.56 Å². The summed E-state index contributed by atoms with van der Waals surface area (Å²) in [6.45, 7) is 1.81. The fourth-order valence-electron chi connectivity index (χ4n) is 3.68. The first-order valence-corrected chi connectivity index (χ1v) is 10.0. The summed E-state index contributed by atoms with van der Waals surface area (Å²) in [4.78, 5) is 37.9. The zero-order valence-electron chi connectivity index (χ0n) is 16.9. The summed E-state index contributed by atoms with van der Waals surface area (Å²) in [6, 6.07) is 17.9. The first kappa shape index (κ1) is 21.3. The van der Waals surface area contributed by atoms with Crippen LogP contribution in [0, 0.1) is 17.0 Å². The van der Waals surface area contributed by atoms with E-state index in [0.29, 0.717) is 21.8 Å². The number of ketones is 1. The number of aliphatic hydroxyl groups excluding tert-OH is 1. The number of hydrogen-bond donors (Lipinski definition) is 1. The molecule has 8 heteroatoms. The van der Waals surface area contributed by atoms with Gasteiger partial charge in [0.05, 0.1) is 16.5 Å². The molecule has 0 bridgehead atoms. The van der Waals surface area contributed by atoms with E-state index in [1.165, 1.54) is 29.2 Å². The van der Waals surface area contributed by atoms with E-state index < -0.39 is 22.7 Å². The predicted octanol–water partition coefficient (Wildman–Crippen LogP) is 5.18. The van der Waals surface area contributed by atoms with Crippen molar-refractivity contribution in [1.29, 1.82) is 0 Å². The zero-order chi connectivity index (χ0) is 23.0. The molecular formula is C24H17ClN2O5. The summed E-state index contributed by atoms with van der Waals surface area (Å²) in [5.74, 6) is -2.01. The standard InChI is InChI=1S/C24H17ClN2O5/c1-14-7-10-18(13-19(14)25)26-21(15-8-11-17(12-9-15)27(31)32)20(23(29)24(26)30)22(28)16-5-3-2-4-6-16/h2-13,21,28H,1H3/b22-20+/t21-/m0/s1. The van der Waals surface area contributed by atoms with E-state index >= 15 is 0 Å². The van der Waals surface area contributed by atoms with E-state index in [1.54, 1.807) is 48.5 Å². The lowest BCUT2D eigenvalue weighted by Gasteiger charge is -2.25. The summed E-state index contributed by atoms with van der Waals surface area (Å²) >= 11 is 6.26. The van der Waals surface area contributed by atoms with Gasteiger partial charge in [0.1, 0.15) is 5.76 Å². The molecule has 0 unspecified atom stereocenters. The average molecular weight is 449 g/mol. The van der Waals surface area contributed by atoms with E-state index in [4.69, 9.17) is 11.6 Å². The van der Waals surface area contributed by atoms with Crippen molar-refractivity contribution in [3.05, 3.63) is 110 Å². The first-order chi connectivity index (χ1) is 15.3. The molecule has 1 heterocycles.